The topological polar surface area (TPSA) is 60.8 Å². The molecule has 0 aromatic carbocycles. The van der Waals surface area contributed by atoms with Crippen LogP contribution in [0.3, 0.4) is 0 Å². The van der Waals surface area contributed by atoms with Gasteiger partial charge in [0.2, 0.25) is 0 Å². The minimum Gasteiger partial charge on any atom is -0.393 e. The van der Waals surface area contributed by atoms with Gasteiger partial charge in [0.15, 0.2) is 0 Å². The van der Waals surface area contributed by atoms with E-state index >= 15 is 0 Å². The van der Waals surface area contributed by atoms with Gasteiger partial charge >= 0.3 is 0 Å². The monoisotopic (exact) mass is 392 g/mol. The number of hydrogen-bond acceptors (Lipinski definition) is 3. The number of alkyl halides is 2. The molecule has 1 aromatic heterocycles. The van der Waals surface area contributed by atoms with Crippen LogP contribution in [0.1, 0.15) is 49.8 Å². The molecular weight excluding hydrogens is 366 g/mol. The van der Waals surface area contributed by atoms with Gasteiger partial charge in [-0.3, -0.25) is 9.76 Å². The van der Waals surface area contributed by atoms with Crippen LogP contribution in [-0.4, -0.2) is 18.1 Å². The summed E-state index contributed by atoms with van der Waals surface area (Å²) in [6, 6.07) is 3.29. The Morgan fingerprint density at radius 2 is 2.11 bits per heavy atom. The van der Waals surface area contributed by atoms with Gasteiger partial charge in [-0.25, -0.2) is 13.5 Å². The SMILES string of the molecule is CNC=C1/C(=C/c2ccnc(C(F)F)c2)C=CC(C2CCCCC2)NS1=N. The molecule has 2 aliphatic rings. The van der Waals surface area contributed by atoms with Crippen molar-refractivity contribution in [1.29, 1.82) is 4.78 Å². The summed E-state index contributed by atoms with van der Waals surface area (Å²) in [5.41, 5.74) is 1.29. The molecule has 27 heavy (non-hydrogen) atoms. The van der Waals surface area contributed by atoms with Crippen LogP contribution in [0.15, 0.2) is 47.2 Å². The van der Waals surface area contributed by atoms with E-state index in [4.69, 9.17) is 4.78 Å². The van der Waals surface area contributed by atoms with Crippen LogP contribution in [0.2, 0.25) is 0 Å². The summed E-state index contributed by atoms with van der Waals surface area (Å²) < 4.78 is 38.0. The van der Waals surface area contributed by atoms with Crippen LogP contribution >= 0.6 is 0 Å². The van der Waals surface area contributed by atoms with E-state index in [-0.39, 0.29) is 11.7 Å². The summed E-state index contributed by atoms with van der Waals surface area (Å²) in [7, 11) is 0.911. The number of allylic oxidation sites excluding steroid dienone is 2. The molecule has 2 unspecified atom stereocenters. The zero-order valence-corrected chi connectivity index (χ0v) is 16.2. The molecule has 1 saturated carbocycles. The van der Waals surface area contributed by atoms with Gasteiger partial charge in [0.1, 0.15) is 5.69 Å². The van der Waals surface area contributed by atoms with E-state index in [0.29, 0.717) is 11.5 Å². The second-order valence-electron chi connectivity index (χ2n) is 6.92. The zero-order valence-electron chi connectivity index (χ0n) is 15.4. The Bertz CT molecular complexity index is 767. The van der Waals surface area contributed by atoms with Crippen molar-refractivity contribution in [3.63, 3.8) is 0 Å². The van der Waals surface area contributed by atoms with Crippen molar-refractivity contribution in [3.8, 4) is 0 Å². The largest absolute Gasteiger partial charge is 0.393 e. The van der Waals surface area contributed by atoms with Crippen LogP contribution in [0.5, 0.6) is 0 Å². The van der Waals surface area contributed by atoms with Gasteiger partial charge in [-0.2, -0.15) is 0 Å². The third kappa shape index (κ3) is 5.11. The predicted octanol–water partition coefficient (Wildman–Crippen LogP) is 4.87. The molecule has 7 heteroatoms. The fourth-order valence-electron chi connectivity index (χ4n) is 3.64. The van der Waals surface area contributed by atoms with Crippen LogP contribution in [0.25, 0.3) is 6.08 Å². The van der Waals surface area contributed by atoms with Gasteiger partial charge in [0, 0.05) is 25.5 Å². The molecule has 0 amide bonds. The Morgan fingerprint density at radius 3 is 2.81 bits per heavy atom. The maximum absolute atomic E-state index is 13.0. The Morgan fingerprint density at radius 1 is 1.33 bits per heavy atom. The molecule has 4 nitrogen and oxygen atoms in total. The first-order valence-electron chi connectivity index (χ1n) is 9.32. The summed E-state index contributed by atoms with van der Waals surface area (Å²) in [4.78, 5) is 4.54. The van der Waals surface area contributed by atoms with Crippen molar-refractivity contribution >= 4 is 17.0 Å². The first-order valence-corrected chi connectivity index (χ1v) is 10.5. The summed E-state index contributed by atoms with van der Waals surface area (Å²) in [6.45, 7) is 0. The van der Waals surface area contributed by atoms with Crippen molar-refractivity contribution in [2.45, 2.75) is 44.6 Å². The zero-order chi connectivity index (χ0) is 19.2. The minimum absolute atomic E-state index is 0.173. The Labute approximate surface area is 161 Å². The third-order valence-electron chi connectivity index (χ3n) is 5.03. The van der Waals surface area contributed by atoms with Gasteiger partial charge in [0.05, 0.1) is 4.91 Å². The molecule has 0 radical (unpaired) electrons. The maximum Gasteiger partial charge on any atom is 0.280 e. The third-order valence-corrected chi connectivity index (χ3v) is 6.33. The molecule has 1 aliphatic carbocycles. The average molecular weight is 393 g/mol. The van der Waals surface area contributed by atoms with Crippen LogP contribution in [-0.2, 0) is 10.9 Å². The van der Waals surface area contributed by atoms with Crippen molar-refractivity contribution in [2.24, 2.45) is 5.92 Å². The second-order valence-corrected chi connectivity index (χ2v) is 8.21. The van der Waals surface area contributed by atoms with Crippen molar-refractivity contribution in [1.82, 2.24) is 15.0 Å². The number of aromatic nitrogens is 1. The molecule has 1 aromatic rings. The Balaban J connectivity index is 1.93. The van der Waals surface area contributed by atoms with Crippen molar-refractivity contribution < 1.29 is 8.78 Å². The van der Waals surface area contributed by atoms with Gasteiger partial charge in [-0.15, -0.1) is 0 Å². The van der Waals surface area contributed by atoms with E-state index in [1.54, 1.807) is 13.1 Å². The molecule has 1 aliphatic heterocycles. The lowest BCUT2D eigenvalue weighted by atomic mass is 9.84. The van der Waals surface area contributed by atoms with Crippen LogP contribution in [0, 0.1) is 10.7 Å². The molecule has 3 rings (SSSR count). The van der Waals surface area contributed by atoms with E-state index in [2.05, 4.69) is 21.1 Å². The summed E-state index contributed by atoms with van der Waals surface area (Å²) in [5, 5.41) is 3.01. The van der Waals surface area contributed by atoms with E-state index in [1.807, 2.05) is 18.4 Å². The molecule has 146 valence electrons. The number of pyridine rings is 1. The van der Waals surface area contributed by atoms with Gasteiger partial charge in [-0.05, 0) is 59.0 Å². The maximum atomic E-state index is 13.0. The number of nitrogens with one attached hydrogen (secondary N) is 3. The molecule has 3 N–H and O–H groups in total. The van der Waals surface area contributed by atoms with Crippen LogP contribution in [0.4, 0.5) is 8.78 Å². The molecule has 2 heterocycles. The van der Waals surface area contributed by atoms with Gasteiger partial charge in [0.25, 0.3) is 6.43 Å². The van der Waals surface area contributed by atoms with Gasteiger partial charge in [-0.1, -0.05) is 31.4 Å². The molecule has 0 spiro atoms. The van der Waals surface area contributed by atoms with Gasteiger partial charge < -0.3 is 5.32 Å². The lowest BCUT2D eigenvalue weighted by Gasteiger charge is -2.28. The Hall–Kier alpha value is -1.86. The molecule has 0 bridgehead atoms. The average Bonchev–Trinajstić information content (AvgIpc) is 2.83. The standard InChI is InChI=1S/C20H26F2N4S/c1-24-13-19-16(11-14-9-10-25-18(12-14)20(21)22)7-8-17(26-27(19)23)15-5-3-2-4-6-15/h7-13,15,17,20,24H,2-6H2,1H3,(H2,23,26)/b16-11+,19-13?. The highest BCUT2D eigenvalue weighted by atomic mass is 32.2. The lowest BCUT2D eigenvalue weighted by Crippen LogP contribution is -2.36. The fraction of sp³-hybridized carbons (Fsp3) is 0.450. The van der Waals surface area contributed by atoms with E-state index < -0.39 is 17.3 Å². The Kier molecular flexibility index (Phi) is 6.90. The fourth-order valence-corrected chi connectivity index (χ4v) is 4.91. The highest BCUT2D eigenvalue weighted by molar-refractivity contribution is 7.88. The van der Waals surface area contributed by atoms with Crippen molar-refractivity contribution in [2.75, 3.05) is 7.05 Å². The minimum atomic E-state index is -2.59. The highest BCUT2D eigenvalue weighted by Gasteiger charge is 2.25. The lowest BCUT2D eigenvalue weighted by molar-refractivity contribution is 0.146. The molecule has 1 fully saturated rings. The highest BCUT2D eigenvalue weighted by Crippen LogP contribution is 2.31. The molecule has 0 saturated heterocycles. The summed E-state index contributed by atoms with van der Waals surface area (Å²) in [6.07, 6.45) is 12.8. The first kappa shape index (κ1) is 19.9. The normalized spacial score (nSPS) is 27.3. The predicted molar refractivity (Wildman–Crippen MR) is 107 cm³/mol. The molecular formula is C20H26F2N4S. The summed E-state index contributed by atoms with van der Waals surface area (Å²) >= 11 is 0. The van der Waals surface area contributed by atoms with E-state index in [9.17, 15) is 8.78 Å². The molecule has 2 atom stereocenters. The number of nitrogens with zero attached hydrogens (tertiary/aromatic N) is 1. The van der Waals surface area contributed by atoms with E-state index in [0.717, 1.165) is 10.5 Å². The number of hydrogen-bond donors (Lipinski definition) is 3. The van der Waals surface area contributed by atoms with Crippen LogP contribution < -0.4 is 10.0 Å². The second kappa shape index (κ2) is 9.37. The smallest absolute Gasteiger partial charge is 0.280 e. The quantitative estimate of drug-likeness (QED) is 0.685. The summed E-state index contributed by atoms with van der Waals surface area (Å²) in [5.74, 6) is 0.553. The number of halogens is 2. The van der Waals surface area contributed by atoms with E-state index in [1.165, 1.54) is 44.4 Å². The number of rotatable bonds is 4. The first-order chi connectivity index (χ1) is 13.1. The van der Waals surface area contributed by atoms with Crippen molar-refractivity contribution in [3.05, 3.63) is 58.4 Å².